The molecule has 1 saturated heterocycles. The van der Waals surface area contributed by atoms with Gasteiger partial charge in [-0.25, -0.2) is 0 Å². The van der Waals surface area contributed by atoms with Crippen LogP contribution in [0.3, 0.4) is 0 Å². The van der Waals surface area contributed by atoms with Gasteiger partial charge in [-0.2, -0.15) is 0 Å². The second-order valence-corrected chi connectivity index (χ2v) is 6.59. The SMILES string of the molecule is NCCCC[C@H](N)C(=O)[O][Po][CH]1CO1. The van der Waals surface area contributed by atoms with Gasteiger partial charge in [0, 0.05) is 0 Å². The fraction of sp³-hybridized carbons (Fsp3) is 0.875. The topological polar surface area (TPSA) is 90.9 Å². The summed E-state index contributed by atoms with van der Waals surface area (Å²) in [5.41, 5.74) is 11.0. The molecule has 82 valence electrons. The van der Waals surface area contributed by atoms with E-state index in [0.29, 0.717) is 13.0 Å². The molecular formula is C8H16N2O3Po. The summed E-state index contributed by atoms with van der Waals surface area (Å²) in [6.07, 6.45) is 2.46. The number of hydrogen-bond donors (Lipinski definition) is 2. The maximum absolute atomic E-state index is 11.3. The number of hydrogen-bond acceptors (Lipinski definition) is 5. The van der Waals surface area contributed by atoms with Gasteiger partial charge in [-0.05, 0) is 0 Å². The third-order valence-electron chi connectivity index (χ3n) is 1.81. The molecule has 0 radical (unpaired) electrons. The van der Waals surface area contributed by atoms with Crippen LogP contribution < -0.4 is 11.5 Å². The van der Waals surface area contributed by atoms with Crippen molar-refractivity contribution in [3.05, 3.63) is 0 Å². The van der Waals surface area contributed by atoms with Gasteiger partial charge in [-0.3, -0.25) is 0 Å². The Hall–Kier alpha value is 0.246. The summed E-state index contributed by atoms with van der Waals surface area (Å²) in [5, 5.41) is 0. The minimum absolute atomic E-state index is 0.262. The molecule has 0 aromatic heterocycles. The number of carbonyl (C=O) groups is 1. The molecule has 1 aliphatic heterocycles. The number of nitrogens with two attached hydrogens (primary N) is 2. The second kappa shape index (κ2) is 6.68. The van der Waals surface area contributed by atoms with Crippen molar-refractivity contribution in [2.45, 2.75) is 29.1 Å². The molecule has 5 nitrogen and oxygen atoms in total. The van der Waals surface area contributed by atoms with E-state index in [1.807, 2.05) is 0 Å². The molecule has 14 heavy (non-hydrogen) atoms. The molecule has 0 aromatic rings. The van der Waals surface area contributed by atoms with Crippen molar-refractivity contribution in [2.24, 2.45) is 11.5 Å². The second-order valence-electron chi connectivity index (χ2n) is 3.15. The molecule has 0 amide bonds. The van der Waals surface area contributed by atoms with E-state index in [1.165, 1.54) is 0 Å². The summed E-state index contributed by atoms with van der Waals surface area (Å²) in [7, 11) is 0. The van der Waals surface area contributed by atoms with E-state index in [0.717, 1.165) is 19.4 Å². The van der Waals surface area contributed by atoms with Crippen LogP contribution in [-0.2, 0) is 12.3 Å². The first-order chi connectivity index (χ1) is 6.74. The van der Waals surface area contributed by atoms with Gasteiger partial charge in [0.25, 0.3) is 0 Å². The summed E-state index contributed by atoms with van der Waals surface area (Å²) < 4.78 is 10.4. The summed E-state index contributed by atoms with van der Waals surface area (Å²) in [6.45, 7) is 1.41. The molecule has 0 bridgehead atoms. The molecule has 6 heteroatoms. The van der Waals surface area contributed by atoms with Crippen LogP contribution in [0.1, 0.15) is 19.3 Å². The van der Waals surface area contributed by atoms with Gasteiger partial charge in [-0.1, -0.05) is 0 Å². The number of epoxide rings is 1. The van der Waals surface area contributed by atoms with Crippen LogP contribution in [0, 0.1) is 0 Å². The monoisotopic (exact) mass is 397 g/mol. The Morgan fingerprint density at radius 2 is 2.36 bits per heavy atom. The van der Waals surface area contributed by atoms with Crippen molar-refractivity contribution in [1.82, 2.24) is 0 Å². The predicted molar refractivity (Wildman–Crippen MR) is 52.5 cm³/mol. The van der Waals surface area contributed by atoms with Crippen LogP contribution >= 0.6 is 0 Å². The normalized spacial score (nSPS) is 21.7. The predicted octanol–water partition coefficient (Wildman–Crippen LogP) is -1.04. The standard InChI is InChI=1S/C6H14N2O2.C2H3O.Po/c7-4-2-1-3-5(8)6(9)10;1-2-3-1;/h5H,1-4,7-8H2,(H,9,10);1H,2H2;/q;;+1/p-1/t5-;;/m0../s1. The van der Waals surface area contributed by atoms with E-state index >= 15 is 0 Å². The van der Waals surface area contributed by atoms with Crippen LogP contribution in [0.2, 0.25) is 0 Å². The van der Waals surface area contributed by atoms with E-state index in [4.69, 9.17) is 19.0 Å². The zero-order valence-electron chi connectivity index (χ0n) is 7.98. The fourth-order valence-corrected chi connectivity index (χ4v) is 2.89. The van der Waals surface area contributed by atoms with Gasteiger partial charge in [0.1, 0.15) is 0 Å². The number of ether oxygens (including phenoxy) is 1. The summed E-state index contributed by atoms with van der Waals surface area (Å²) in [4.78, 5) is 11.3. The van der Waals surface area contributed by atoms with Crippen LogP contribution in [0.4, 0.5) is 0 Å². The van der Waals surface area contributed by atoms with Gasteiger partial charge < -0.3 is 0 Å². The molecule has 1 unspecified atom stereocenters. The molecule has 0 aliphatic carbocycles. The van der Waals surface area contributed by atoms with Crippen molar-refractivity contribution in [2.75, 3.05) is 13.2 Å². The number of rotatable bonds is 7. The van der Waals surface area contributed by atoms with Crippen molar-refractivity contribution in [3.63, 3.8) is 0 Å². The Morgan fingerprint density at radius 1 is 1.64 bits per heavy atom. The molecule has 1 aliphatic rings. The van der Waals surface area contributed by atoms with Crippen molar-refractivity contribution < 1.29 is 12.3 Å². The number of unbranched alkanes of at least 4 members (excludes halogenated alkanes) is 1. The molecule has 4 N–H and O–H groups in total. The molecule has 0 saturated carbocycles. The van der Waals surface area contributed by atoms with E-state index in [1.54, 1.807) is 0 Å². The Labute approximate surface area is 95.9 Å². The first kappa shape index (κ1) is 12.3. The fourth-order valence-electron chi connectivity index (χ4n) is 0.884. The first-order valence-electron chi connectivity index (χ1n) is 4.68. The zero-order chi connectivity index (χ0) is 10.4. The van der Waals surface area contributed by atoms with Crippen molar-refractivity contribution >= 4 is 30.0 Å². The Balaban J connectivity index is 2.02. The van der Waals surface area contributed by atoms with Crippen LogP contribution in [0.5, 0.6) is 0 Å². The van der Waals surface area contributed by atoms with Gasteiger partial charge in [0.2, 0.25) is 0 Å². The van der Waals surface area contributed by atoms with Crippen LogP contribution in [-0.4, -0.2) is 52.9 Å². The zero-order valence-corrected chi connectivity index (χ0v) is 11.2. The molecular weight excluding hydrogens is 381 g/mol. The van der Waals surface area contributed by atoms with Crippen molar-refractivity contribution in [3.8, 4) is 0 Å². The first-order valence-corrected chi connectivity index (χ1v) is 7.81. The maximum atomic E-state index is 11.3. The average Bonchev–Trinajstić information content (AvgIpc) is 2.98. The third-order valence-corrected chi connectivity index (χ3v) is 4.72. The molecule has 0 spiro atoms. The number of carbonyl (C=O) groups excluding carboxylic acids is 1. The average molecular weight is 397 g/mol. The third kappa shape index (κ3) is 5.21. The van der Waals surface area contributed by atoms with Gasteiger partial charge >= 0.3 is 96.0 Å². The Morgan fingerprint density at radius 3 is 2.93 bits per heavy atom. The van der Waals surface area contributed by atoms with E-state index in [-0.39, 0.29) is 9.73 Å². The van der Waals surface area contributed by atoms with Gasteiger partial charge in [0.15, 0.2) is 0 Å². The van der Waals surface area contributed by atoms with Crippen LogP contribution in [0.15, 0.2) is 0 Å². The van der Waals surface area contributed by atoms with E-state index in [9.17, 15) is 4.79 Å². The molecule has 1 fully saturated rings. The molecule has 1 rings (SSSR count). The summed E-state index contributed by atoms with van der Waals surface area (Å²) in [5.74, 6) is -0.262. The Bertz CT molecular complexity index is 187. The summed E-state index contributed by atoms with van der Waals surface area (Å²) in [6, 6.07) is -0.472. The quantitative estimate of drug-likeness (QED) is 0.423. The van der Waals surface area contributed by atoms with Crippen molar-refractivity contribution in [1.29, 1.82) is 0 Å². The minimum atomic E-state index is -1.07. The molecule has 0 aromatic carbocycles. The molecule has 2 atom stereocenters. The van der Waals surface area contributed by atoms with Crippen LogP contribution in [0.25, 0.3) is 0 Å². The van der Waals surface area contributed by atoms with Gasteiger partial charge in [0.05, 0.1) is 0 Å². The van der Waals surface area contributed by atoms with Gasteiger partial charge in [-0.15, -0.1) is 0 Å². The van der Waals surface area contributed by atoms with E-state index < -0.39 is 30.1 Å². The Kier molecular flexibility index (Phi) is 5.88. The summed E-state index contributed by atoms with van der Waals surface area (Å²) >= 11 is -1.07. The van der Waals surface area contributed by atoms with E-state index in [2.05, 4.69) is 0 Å². The molecule has 1 heterocycles.